The minimum Gasteiger partial charge on any atom is -0.383 e. The van der Waals surface area contributed by atoms with E-state index < -0.39 is 0 Å². The normalized spacial score (nSPS) is 15.8. The number of aromatic nitrogens is 1. The Morgan fingerprint density at radius 2 is 2.07 bits per heavy atom. The molecule has 1 aliphatic rings. The van der Waals surface area contributed by atoms with Crippen molar-refractivity contribution in [1.29, 1.82) is 0 Å². The fourth-order valence-electron chi connectivity index (χ4n) is 2.05. The van der Waals surface area contributed by atoms with Gasteiger partial charge in [-0.25, -0.2) is 4.98 Å². The average molecular weight is 198 g/mol. The number of aryl methyl sites for hydroxylation is 1. The standard InChI is InChI=1S/C13H14N2/c1-8-2-5-12-10(6-8)7-11(9-3-4-9)13(14)15-12/h2,5-7,9H,3-4H2,1H3,(H2,14,15). The van der Waals surface area contributed by atoms with Gasteiger partial charge in [-0.1, -0.05) is 11.6 Å². The summed E-state index contributed by atoms with van der Waals surface area (Å²) in [4.78, 5) is 4.46. The molecule has 0 amide bonds. The summed E-state index contributed by atoms with van der Waals surface area (Å²) >= 11 is 0. The average Bonchev–Trinajstić information content (AvgIpc) is 3.01. The van der Waals surface area contributed by atoms with Crippen LogP contribution in [0.1, 0.15) is 29.9 Å². The molecule has 1 aliphatic carbocycles. The fraction of sp³-hybridized carbons (Fsp3) is 0.308. The predicted molar refractivity (Wildman–Crippen MR) is 62.9 cm³/mol. The summed E-state index contributed by atoms with van der Waals surface area (Å²) < 4.78 is 0. The maximum atomic E-state index is 5.95. The lowest BCUT2D eigenvalue weighted by Crippen LogP contribution is -1.97. The molecule has 76 valence electrons. The van der Waals surface area contributed by atoms with E-state index in [-0.39, 0.29) is 0 Å². The van der Waals surface area contributed by atoms with Crippen LogP contribution < -0.4 is 5.73 Å². The molecule has 3 rings (SSSR count). The second-order valence-electron chi connectivity index (χ2n) is 4.43. The zero-order valence-electron chi connectivity index (χ0n) is 8.83. The first kappa shape index (κ1) is 8.72. The first-order chi connectivity index (χ1) is 7.24. The molecule has 2 heteroatoms. The topological polar surface area (TPSA) is 38.9 Å². The van der Waals surface area contributed by atoms with Gasteiger partial charge in [0, 0.05) is 5.39 Å². The predicted octanol–water partition coefficient (Wildman–Crippen LogP) is 3.00. The minimum atomic E-state index is 0.669. The molecule has 0 saturated heterocycles. The summed E-state index contributed by atoms with van der Waals surface area (Å²) in [5, 5.41) is 1.21. The summed E-state index contributed by atoms with van der Waals surface area (Å²) in [6.07, 6.45) is 2.53. The van der Waals surface area contributed by atoms with Crippen LogP contribution in [0.3, 0.4) is 0 Å². The molecule has 1 aromatic carbocycles. The molecule has 2 nitrogen and oxygen atoms in total. The van der Waals surface area contributed by atoms with Gasteiger partial charge in [0.25, 0.3) is 0 Å². The van der Waals surface area contributed by atoms with Crippen LogP contribution in [-0.2, 0) is 0 Å². The lowest BCUT2D eigenvalue weighted by atomic mass is 10.1. The number of rotatable bonds is 1. The van der Waals surface area contributed by atoms with Gasteiger partial charge in [-0.15, -0.1) is 0 Å². The summed E-state index contributed by atoms with van der Waals surface area (Å²) in [5.41, 5.74) is 9.47. The van der Waals surface area contributed by atoms with E-state index >= 15 is 0 Å². The molecular weight excluding hydrogens is 184 g/mol. The van der Waals surface area contributed by atoms with Crippen molar-refractivity contribution in [1.82, 2.24) is 4.98 Å². The second kappa shape index (κ2) is 2.96. The van der Waals surface area contributed by atoms with E-state index in [0.717, 1.165) is 5.52 Å². The third-order valence-corrected chi connectivity index (χ3v) is 3.05. The van der Waals surface area contributed by atoms with Gasteiger partial charge < -0.3 is 5.73 Å². The monoisotopic (exact) mass is 198 g/mol. The highest BCUT2D eigenvalue weighted by Crippen LogP contribution is 2.43. The molecule has 1 saturated carbocycles. The number of anilines is 1. The largest absolute Gasteiger partial charge is 0.383 e. The van der Waals surface area contributed by atoms with E-state index in [9.17, 15) is 0 Å². The third kappa shape index (κ3) is 1.46. The van der Waals surface area contributed by atoms with E-state index in [4.69, 9.17) is 5.73 Å². The number of nitrogen functional groups attached to an aromatic ring is 1. The number of hydrogen-bond acceptors (Lipinski definition) is 2. The quantitative estimate of drug-likeness (QED) is 0.765. The van der Waals surface area contributed by atoms with Crippen molar-refractivity contribution < 1.29 is 0 Å². The first-order valence-electron chi connectivity index (χ1n) is 5.41. The zero-order chi connectivity index (χ0) is 10.4. The Bertz CT molecular complexity index is 527. The smallest absolute Gasteiger partial charge is 0.127 e. The molecule has 0 unspecified atom stereocenters. The van der Waals surface area contributed by atoms with Crippen LogP contribution in [0.25, 0.3) is 10.9 Å². The maximum absolute atomic E-state index is 5.95. The van der Waals surface area contributed by atoms with E-state index in [0.29, 0.717) is 11.7 Å². The summed E-state index contributed by atoms with van der Waals surface area (Å²) in [7, 11) is 0. The minimum absolute atomic E-state index is 0.669. The molecule has 1 aromatic heterocycles. The lowest BCUT2D eigenvalue weighted by Gasteiger charge is -2.06. The van der Waals surface area contributed by atoms with Crippen molar-refractivity contribution in [2.24, 2.45) is 0 Å². The number of fused-ring (bicyclic) bond motifs is 1. The van der Waals surface area contributed by atoms with Crippen LogP contribution in [0.5, 0.6) is 0 Å². The Labute approximate surface area is 89.1 Å². The van der Waals surface area contributed by atoms with Gasteiger partial charge in [0.05, 0.1) is 5.52 Å². The molecular formula is C13H14N2. The highest BCUT2D eigenvalue weighted by Gasteiger charge is 2.26. The molecule has 1 heterocycles. The first-order valence-corrected chi connectivity index (χ1v) is 5.41. The van der Waals surface area contributed by atoms with Crippen LogP contribution >= 0.6 is 0 Å². The summed E-state index contributed by atoms with van der Waals surface area (Å²) in [6, 6.07) is 8.50. The molecule has 0 atom stereocenters. The Morgan fingerprint density at radius 1 is 1.27 bits per heavy atom. The summed E-state index contributed by atoms with van der Waals surface area (Å²) in [5.74, 6) is 1.39. The zero-order valence-corrected chi connectivity index (χ0v) is 8.83. The van der Waals surface area contributed by atoms with Gasteiger partial charge >= 0.3 is 0 Å². The Balaban J connectivity index is 2.25. The molecule has 2 aromatic rings. The van der Waals surface area contributed by atoms with Gasteiger partial charge in [-0.3, -0.25) is 0 Å². The number of hydrogen-bond donors (Lipinski definition) is 1. The van der Waals surface area contributed by atoms with Gasteiger partial charge in [0.1, 0.15) is 5.82 Å². The van der Waals surface area contributed by atoms with Crippen LogP contribution in [0.15, 0.2) is 24.3 Å². The molecule has 0 bridgehead atoms. The molecule has 1 fully saturated rings. The van der Waals surface area contributed by atoms with E-state index in [1.54, 1.807) is 0 Å². The Hall–Kier alpha value is -1.57. The van der Waals surface area contributed by atoms with Crippen LogP contribution in [0.2, 0.25) is 0 Å². The summed E-state index contributed by atoms with van der Waals surface area (Å²) in [6.45, 7) is 2.10. The maximum Gasteiger partial charge on any atom is 0.127 e. The number of pyridine rings is 1. The Morgan fingerprint density at radius 3 is 2.80 bits per heavy atom. The van der Waals surface area contributed by atoms with Crippen molar-refractivity contribution in [3.8, 4) is 0 Å². The SMILES string of the molecule is Cc1ccc2nc(N)c(C3CC3)cc2c1. The van der Waals surface area contributed by atoms with Crippen molar-refractivity contribution in [3.63, 3.8) is 0 Å². The van der Waals surface area contributed by atoms with Crippen molar-refractivity contribution >= 4 is 16.7 Å². The second-order valence-corrected chi connectivity index (χ2v) is 4.43. The molecule has 0 spiro atoms. The van der Waals surface area contributed by atoms with E-state index in [1.807, 2.05) is 6.07 Å². The van der Waals surface area contributed by atoms with Crippen LogP contribution in [0.4, 0.5) is 5.82 Å². The fourth-order valence-corrected chi connectivity index (χ4v) is 2.05. The molecule has 15 heavy (non-hydrogen) atoms. The van der Waals surface area contributed by atoms with Crippen molar-refractivity contribution in [3.05, 3.63) is 35.4 Å². The van der Waals surface area contributed by atoms with E-state index in [2.05, 4.69) is 30.1 Å². The number of benzene rings is 1. The highest BCUT2D eigenvalue weighted by atomic mass is 14.8. The van der Waals surface area contributed by atoms with Gasteiger partial charge in [-0.2, -0.15) is 0 Å². The van der Waals surface area contributed by atoms with Gasteiger partial charge in [0.2, 0.25) is 0 Å². The van der Waals surface area contributed by atoms with Crippen molar-refractivity contribution in [2.75, 3.05) is 5.73 Å². The lowest BCUT2D eigenvalue weighted by molar-refractivity contribution is 1.12. The van der Waals surface area contributed by atoms with Crippen LogP contribution in [-0.4, -0.2) is 4.98 Å². The van der Waals surface area contributed by atoms with Crippen LogP contribution in [0, 0.1) is 6.92 Å². The van der Waals surface area contributed by atoms with Gasteiger partial charge in [0.15, 0.2) is 0 Å². The Kier molecular flexibility index (Phi) is 1.72. The molecule has 0 aliphatic heterocycles. The number of nitrogens with two attached hydrogens (primary N) is 1. The third-order valence-electron chi connectivity index (χ3n) is 3.05. The molecule has 0 radical (unpaired) electrons. The van der Waals surface area contributed by atoms with E-state index in [1.165, 1.54) is 29.4 Å². The van der Waals surface area contributed by atoms with Gasteiger partial charge in [-0.05, 0) is 49.4 Å². The molecule has 2 N–H and O–H groups in total. The number of nitrogens with zero attached hydrogens (tertiary/aromatic N) is 1. The highest BCUT2D eigenvalue weighted by molar-refractivity contribution is 5.82. The van der Waals surface area contributed by atoms with Crippen molar-refractivity contribution in [2.45, 2.75) is 25.7 Å².